The van der Waals surface area contributed by atoms with Gasteiger partial charge >= 0.3 is 5.97 Å². The third-order valence-electron chi connectivity index (χ3n) is 2.70. The summed E-state index contributed by atoms with van der Waals surface area (Å²) in [6.45, 7) is 5.04. The Morgan fingerprint density at radius 3 is 2.69 bits per heavy atom. The molecular weight excluding hydrogens is 210 g/mol. The molecule has 5 heteroatoms. The Balaban J connectivity index is 2.42. The summed E-state index contributed by atoms with van der Waals surface area (Å²) in [4.78, 5) is 24.5. The second-order valence-corrected chi connectivity index (χ2v) is 4.12. The molecule has 0 spiro atoms. The number of esters is 1. The van der Waals surface area contributed by atoms with Gasteiger partial charge in [-0.3, -0.25) is 9.59 Å². The van der Waals surface area contributed by atoms with Gasteiger partial charge in [0.25, 0.3) is 0 Å². The molecule has 1 heterocycles. The predicted octanol–water partition coefficient (Wildman–Crippen LogP) is 0.575. The molecule has 0 aromatic carbocycles. The van der Waals surface area contributed by atoms with Crippen LogP contribution in [0.15, 0.2) is 0 Å². The summed E-state index contributed by atoms with van der Waals surface area (Å²) in [6, 6.07) is 0.0846. The molecule has 1 aliphatic rings. The van der Waals surface area contributed by atoms with Crippen molar-refractivity contribution in [1.29, 1.82) is 0 Å². The van der Waals surface area contributed by atoms with Gasteiger partial charge in [0.2, 0.25) is 5.91 Å². The van der Waals surface area contributed by atoms with Crippen LogP contribution in [0.5, 0.6) is 0 Å². The fourth-order valence-electron chi connectivity index (χ4n) is 1.71. The van der Waals surface area contributed by atoms with Gasteiger partial charge in [-0.1, -0.05) is 0 Å². The van der Waals surface area contributed by atoms with E-state index in [0.29, 0.717) is 13.2 Å². The number of amides is 1. The summed E-state index contributed by atoms with van der Waals surface area (Å²) in [7, 11) is 1.33. The molecule has 0 aliphatic carbocycles. The molecule has 16 heavy (non-hydrogen) atoms. The molecule has 0 aromatic heterocycles. The molecule has 0 bridgehead atoms. The fraction of sp³-hybridized carbons (Fsp3) is 0.818. The Morgan fingerprint density at radius 2 is 2.06 bits per heavy atom. The molecular formula is C11H19NO4. The van der Waals surface area contributed by atoms with E-state index < -0.39 is 0 Å². The van der Waals surface area contributed by atoms with E-state index in [1.54, 1.807) is 4.90 Å². The number of carbonyl (C=O) groups excluding carboxylic acids is 2. The molecule has 5 nitrogen and oxygen atoms in total. The topological polar surface area (TPSA) is 55.8 Å². The number of rotatable bonds is 3. The van der Waals surface area contributed by atoms with E-state index >= 15 is 0 Å². The number of hydrogen-bond acceptors (Lipinski definition) is 4. The standard InChI is InChI=1S/C11H19NO4/c1-8-7-16-9(2)6-12(8)10(13)4-5-11(14)15-3/h8-9H,4-7H2,1-3H3. The van der Waals surface area contributed by atoms with Crippen LogP contribution in [0, 0.1) is 0 Å². The number of morpholine rings is 1. The average Bonchev–Trinajstić information content (AvgIpc) is 2.28. The van der Waals surface area contributed by atoms with Crippen LogP contribution in [0.3, 0.4) is 0 Å². The predicted molar refractivity (Wildman–Crippen MR) is 57.8 cm³/mol. The highest BCUT2D eigenvalue weighted by molar-refractivity contribution is 5.81. The summed E-state index contributed by atoms with van der Waals surface area (Å²) >= 11 is 0. The van der Waals surface area contributed by atoms with Crippen molar-refractivity contribution in [3.63, 3.8) is 0 Å². The molecule has 0 radical (unpaired) electrons. The number of hydrogen-bond donors (Lipinski definition) is 0. The molecule has 92 valence electrons. The van der Waals surface area contributed by atoms with Crippen LogP contribution in [0.1, 0.15) is 26.7 Å². The fourth-order valence-corrected chi connectivity index (χ4v) is 1.71. The first-order chi connectivity index (χ1) is 7.54. The minimum Gasteiger partial charge on any atom is -0.469 e. The summed E-state index contributed by atoms with van der Waals surface area (Å²) in [5.74, 6) is -0.352. The van der Waals surface area contributed by atoms with Crippen LogP contribution in [0.4, 0.5) is 0 Å². The number of nitrogens with zero attached hydrogens (tertiary/aromatic N) is 1. The average molecular weight is 229 g/mol. The molecule has 2 unspecified atom stereocenters. The number of ether oxygens (including phenoxy) is 2. The van der Waals surface area contributed by atoms with Crippen LogP contribution >= 0.6 is 0 Å². The number of methoxy groups -OCH3 is 1. The molecule has 1 amide bonds. The Morgan fingerprint density at radius 1 is 1.38 bits per heavy atom. The lowest BCUT2D eigenvalue weighted by Crippen LogP contribution is -2.50. The van der Waals surface area contributed by atoms with Crippen molar-refractivity contribution >= 4 is 11.9 Å². The summed E-state index contributed by atoms with van der Waals surface area (Å²) in [5.41, 5.74) is 0. The minimum absolute atomic E-state index is 0.00644. The first-order valence-corrected chi connectivity index (χ1v) is 5.52. The quantitative estimate of drug-likeness (QED) is 0.664. The van der Waals surface area contributed by atoms with Gasteiger partial charge in [-0.25, -0.2) is 0 Å². The van der Waals surface area contributed by atoms with Gasteiger partial charge in [-0.15, -0.1) is 0 Å². The third kappa shape index (κ3) is 3.48. The SMILES string of the molecule is COC(=O)CCC(=O)N1CC(C)OCC1C. The van der Waals surface area contributed by atoms with Crippen molar-refractivity contribution in [2.75, 3.05) is 20.3 Å². The first-order valence-electron chi connectivity index (χ1n) is 5.52. The summed E-state index contributed by atoms with van der Waals surface area (Å²) in [5, 5.41) is 0. The van der Waals surface area contributed by atoms with Crippen molar-refractivity contribution < 1.29 is 19.1 Å². The molecule has 0 saturated carbocycles. The maximum absolute atomic E-state index is 11.8. The van der Waals surface area contributed by atoms with Crippen LogP contribution in [-0.2, 0) is 19.1 Å². The molecule has 0 aromatic rings. The van der Waals surface area contributed by atoms with Crippen LogP contribution < -0.4 is 0 Å². The third-order valence-corrected chi connectivity index (χ3v) is 2.70. The monoisotopic (exact) mass is 229 g/mol. The largest absolute Gasteiger partial charge is 0.469 e. The zero-order valence-corrected chi connectivity index (χ0v) is 10.1. The Labute approximate surface area is 95.7 Å². The van der Waals surface area contributed by atoms with Crippen LogP contribution in [0.2, 0.25) is 0 Å². The van der Waals surface area contributed by atoms with Crippen LogP contribution in [0.25, 0.3) is 0 Å². The number of carbonyl (C=O) groups is 2. The maximum Gasteiger partial charge on any atom is 0.306 e. The summed E-state index contributed by atoms with van der Waals surface area (Å²) < 4.78 is 9.93. The zero-order chi connectivity index (χ0) is 12.1. The van der Waals surface area contributed by atoms with E-state index in [0.717, 1.165) is 0 Å². The van der Waals surface area contributed by atoms with E-state index in [1.165, 1.54) is 7.11 Å². The zero-order valence-electron chi connectivity index (χ0n) is 10.1. The van der Waals surface area contributed by atoms with Gasteiger partial charge < -0.3 is 14.4 Å². The lowest BCUT2D eigenvalue weighted by Gasteiger charge is -2.36. The molecule has 1 saturated heterocycles. The second kappa shape index (κ2) is 5.84. The Bertz CT molecular complexity index is 267. The highest BCUT2D eigenvalue weighted by Gasteiger charge is 2.27. The van der Waals surface area contributed by atoms with E-state index in [2.05, 4.69) is 4.74 Å². The normalized spacial score (nSPS) is 25.3. The van der Waals surface area contributed by atoms with Gasteiger partial charge in [-0.2, -0.15) is 0 Å². The highest BCUT2D eigenvalue weighted by atomic mass is 16.5. The minimum atomic E-state index is -0.345. The van der Waals surface area contributed by atoms with E-state index in [9.17, 15) is 9.59 Å². The van der Waals surface area contributed by atoms with Gasteiger partial charge in [0.05, 0.1) is 32.3 Å². The molecule has 2 atom stereocenters. The maximum atomic E-state index is 11.8. The summed E-state index contributed by atoms with van der Waals surface area (Å²) in [6.07, 6.45) is 0.427. The second-order valence-electron chi connectivity index (χ2n) is 4.12. The first kappa shape index (κ1) is 13.0. The van der Waals surface area contributed by atoms with Crippen molar-refractivity contribution in [3.8, 4) is 0 Å². The molecule has 0 N–H and O–H groups in total. The van der Waals surface area contributed by atoms with E-state index in [-0.39, 0.29) is 36.9 Å². The van der Waals surface area contributed by atoms with Crippen molar-refractivity contribution in [2.24, 2.45) is 0 Å². The molecule has 1 aliphatic heterocycles. The van der Waals surface area contributed by atoms with Gasteiger partial charge in [0.15, 0.2) is 0 Å². The van der Waals surface area contributed by atoms with Crippen molar-refractivity contribution in [1.82, 2.24) is 4.90 Å². The Hall–Kier alpha value is -1.10. The molecule has 1 fully saturated rings. The van der Waals surface area contributed by atoms with Crippen LogP contribution in [-0.4, -0.2) is 49.2 Å². The lowest BCUT2D eigenvalue weighted by molar-refractivity contribution is -0.148. The van der Waals surface area contributed by atoms with Crippen molar-refractivity contribution in [3.05, 3.63) is 0 Å². The molecule has 1 rings (SSSR count). The van der Waals surface area contributed by atoms with Gasteiger partial charge in [-0.05, 0) is 13.8 Å². The van der Waals surface area contributed by atoms with E-state index in [1.807, 2.05) is 13.8 Å². The smallest absolute Gasteiger partial charge is 0.306 e. The van der Waals surface area contributed by atoms with Gasteiger partial charge in [0.1, 0.15) is 0 Å². The van der Waals surface area contributed by atoms with Gasteiger partial charge in [0, 0.05) is 13.0 Å². The highest BCUT2D eigenvalue weighted by Crippen LogP contribution is 2.13. The van der Waals surface area contributed by atoms with E-state index in [4.69, 9.17) is 4.74 Å². The Kier molecular flexibility index (Phi) is 4.73. The lowest BCUT2D eigenvalue weighted by atomic mass is 10.1. The van der Waals surface area contributed by atoms with Crippen molar-refractivity contribution in [2.45, 2.75) is 38.8 Å².